The second kappa shape index (κ2) is 3.87. The highest BCUT2D eigenvalue weighted by Gasteiger charge is 2.15. The van der Waals surface area contributed by atoms with E-state index in [1.165, 1.54) is 0 Å². The Morgan fingerprint density at radius 1 is 2.00 bits per heavy atom. The third kappa shape index (κ3) is 2.11. The molecule has 9 heavy (non-hydrogen) atoms. The molecule has 0 aromatic carbocycles. The molecular formula is C5H8N2O2. The van der Waals surface area contributed by atoms with Crippen molar-refractivity contribution in [3.05, 3.63) is 0 Å². The summed E-state index contributed by atoms with van der Waals surface area (Å²) in [4.78, 5) is 14.2. The van der Waals surface area contributed by atoms with Crippen LogP contribution < -0.4 is 5.90 Å². The number of hydrogen-bond acceptors (Lipinski definition) is 4. The quantitative estimate of drug-likeness (QED) is 0.529. The normalized spacial score (nSPS) is 11.7. The number of rotatable bonds is 2. The van der Waals surface area contributed by atoms with Crippen LogP contribution in [0.5, 0.6) is 0 Å². The lowest BCUT2D eigenvalue weighted by Crippen LogP contribution is -2.18. The molecule has 50 valence electrons. The van der Waals surface area contributed by atoms with Gasteiger partial charge in [0.1, 0.15) is 5.92 Å². The van der Waals surface area contributed by atoms with Crippen LogP contribution in [0.2, 0.25) is 0 Å². The molecule has 0 rings (SSSR count). The van der Waals surface area contributed by atoms with Crippen molar-refractivity contribution in [2.75, 3.05) is 0 Å². The molecule has 0 aliphatic heterocycles. The fourth-order valence-electron chi connectivity index (χ4n) is 0.393. The Morgan fingerprint density at radius 2 is 2.56 bits per heavy atom. The van der Waals surface area contributed by atoms with E-state index in [2.05, 4.69) is 10.7 Å². The standard InChI is InChI=1S/C5H8N2O2/c1-2-4(3-6)5(8)9-7/h4H,2,7H2,1H3. The van der Waals surface area contributed by atoms with E-state index in [-0.39, 0.29) is 0 Å². The monoisotopic (exact) mass is 128 g/mol. The summed E-state index contributed by atoms with van der Waals surface area (Å²) in [5.74, 6) is 3.14. The van der Waals surface area contributed by atoms with E-state index in [4.69, 9.17) is 5.26 Å². The maximum Gasteiger partial charge on any atom is 0.341 e. The van der Waals surface area contributed by atoms with Crippen LogP contribution in [0.4, 0.5) is 0 Å². The van der Waals surface area contributed by atoms with E-state index in [9.17, 15) is 4.79 Å². The summed E-state index contributed by atoms with van der Waals surface area (Å²) in [6.07, 6.45) is 0.437. The molecule has 0 spiro atoms. The molecule has 0 heterocycles. The van der Waals surface area contributed by atoms with Crippen molar-refractivity contribution >= 4 is 5.97 Å². The largest absolute Gasteiger partial charge is 0.372 e. The number of carbonyl (C=O) groups is 1. The van der Waals surface area contributed by atoms with Gasteiger partial charge in [0.2, 0.25) is 0 Å². The van der Waals surface area contributed by atoms with E-state index < -0.39 is 11.9 Å². The van der Waals surface area contributed by atoms with Gasteiger partial charge in [-0.2, -0.15) is 11.2 Å². The molecule has 0 aliphatic carbocycles. The van der Waals surface area contributed by atoms with Gasteiger partial charge in [-0.15, -0.1) is 0 Å². The Hall–Kier alpha value is -1.08. The molecule has 0 aliphatic rings. The predicted molar refractivity (Wildman–Crippen MR) is 29.7 cm³/mol. The summed E-state index contributed by atoms with van der Waals surface area (Å²) in [6.45, 7) is 1.71. The Kier molecular flexibility index (Phi) is 3.40. The smallest absolute Gasteiger partial charge is 0.341 e. The molecular weight excluding hydrogens is 120 g/mol. The van der Waals surface area contributed by atoms with Crippen molar-refractivity contribution in [1.29, 1.82) is 5.26 Å². The van der Waals surface area contributed by atoms with E-state index >= 15 is 0 Å². The first-order valence-corrected chi connectivity index (χ1v) is 2.56. The Bertz CT molecular complexity index is 138. The molecule has 1 atom stereocenters. The van der Waals surface area contributed by atoms with E-state index in [1.807, 2.05) is 0 Å². The Labute approximate surface area is 53.2 Å². The average Bonchev–Trinajstić information content (AvgIpc) is 1.90. The molecule has 2 N–H and O–H groups in total. The number of hydrogen-bond donors (Lipinski definition) is 1. The van der Waals surface area contributed by atoms with Crippen LogP contribution in [0.25, 0.3) is 0 Å². The summed E-state index contributed by atoms with van der Waals surface area (Å²) < 4.78 is 0. The molecule has 0 radical (unpaired) electrons. The summed E-state index contributed by atoms with van der Waals surface area (Å²) in [5, 5.41) is 8.22. The molecule has 0 saturated carbocycles. The average molecular weight is 128 g/mol. The van der Waals surface area contributed by atoms with Crippen LogP contribution in [0.15, 0.2) is 0 Å². The number of nitrogens with two attached hydrogens (primary N) is 1. The molecule has 0 amide bonds. The fraction of sp³-hybridized carbons (Fsp3) is 0.600. The van der Waals surface area contributed by atoms with Gasteiger partial charge in [0.05, 0.1) is 6.07 Å². The van der Waals surface area contributed by atoms with E-state index in [0.717, 1.165) is 0 Å². The van der Waals surface area contributed by atoms with Gasteiger partial charge < -0.3 is 4.84 Å². The van der Waals surface area contributed by atoms with E-state index in [0.29, 0.717) is 6.42 Å². The highest BCUT2D eigenvalue weighted by molar-refractivity contribution is 5.74. The summed E-state index contributed by atoms with van der Waals surface area (Å²) in [7, 11) is 0. The lowest BCUT2D eigenvalue weighted by Gasteiger charge is -1.99. The lowest BCUT2D eigenvalue weighted by molar-refractivity contribution is -0.147. The maximum absolute atomic E-state index is 10.4. The van der Waals surface area contributed by atoms with Gasteiger partial charge in [-0.1, -0.05) is 6.92 Å². The van der Waals surface area contributed by atoms with Crippen molar-refractivity contribution in [2.24, 2.45) is 11.8 Å². The van der Waals surface area contributed by atoms with Gasteiger partial charge in [-0.3, -0.25) is 0 Å². The molecule has 0 aromatic rings. The highest BCUT2D eigenvalue weighted by Crippen LogP contribution is 2.00. The first-order valence-electron chi connectivity index (χ1n) is 2.56. The second-order valence-corrected chi connectivity index (χ2v) is 1.53. The van der Waals surface area contributed by atoms with Gasteiger partial charge >= 0.3 is 5.97 Å². The van der Waals surface area contributed by atoms with Crippen molar-refractivity contribution in [2.45, 2.75) is 13.3 Å². The van der Waals surface area contributed by atoms with Crippen LogP contribution in [0, 0.1) is 17.2 Å². The molecule has 0 saturated heterocycles. The van der Waals surface area contributed by atoms with Crippen molar-refractivity contribution < 1.29 is 9.63 Å². The topological polar surface area (TPSA) is 76.1 Å². The molecule has 0 aromatic heterocycles. The lowest BCUT2D eigenvalue weighted by atomic mass is 10.1. The Morgan fingerprint density at radius 3 is 2.67 bits per heavy atom. The Balaban J connectivity index is 3.84. The molecule has 4 heteroatoms. The van der Waals surface area contributed by atoms with Crippen LogP contribution in [-0.4, -0.2) is 5.97 Å². The van der Waals surface area contributed by atoms with Crippen molar-refractivity contribution in [3.63, 3.8) is 0 Å². The summed E-state index contributed by atoms with van der Waals surface area (Å²) >= 11 is 0. The first kappa shape index (κ1) is 7.92. The minimum Gasteiger partial charge on any atom is -0.372 e. The maximum atomic E-state index is 10.4. The number of nitriles is 1. The second-order valence-electron chi connectivity index (χ2n) is 1.53. The van der Waals surface area contributed by atoms with Gasteiger partial charge in [-0.05, 0) is 6.42 Å². The minimum atomic E-state index is -0.713. The molecule has 0 bridgehead atoms. The molecule has 1 unspecified atom stereocenters. The summed E-state index contributed by atoms with van der Waals surface area (Å²) in [5.41, 5.74) is 0. The zero-order chi connectivity index (χ0) is 7.28. The van der Waals surface area contributed by atoms with Gasteiger partial charge in [0.25, 0.3) is 0 Å². The van der Waals surface area contributed by atoms with Gasteiger partial charge in [0.15, 0.2) is 0 Å². The van der Waals surface area contributed by atoms with Crippen LogP contribution in [0.1, 0.15) is 13.3 Å². The van der Waals surface area contributed by atoms with Crippen molar-refractivity contribution in [1.82, 2.24) is 0 Å². The van der Waals surface area contributed by atoms with Crippen molar-refractivity contribution in [3.8, 4) is 6.07 Å². The van der Waals surface area contributed by atoms with Crippen LogP contribution in [0.3, 0.4) is 0 Å². The molecule has 0 fully saturated rings. The SMILES string of the molecule is CCC(C#N)C(=O)ON. The van der Waals surface area contributed by atoms with E-state index in [1.54, 1.807) is 13.0 Å². The number of carbonyl (C=O) groups excluding carboxylic acids is 1. The zero-order valence-electron chi connectivity index (χ0n) is 5.13. The van der Waals surface area contributed by atoms with Gasteiger partial charge in [0, 0.05) is 0 Å². The minimum absolute atomic E-state index is 0.437. The third-order valence-electron chi connectivity index (χ3n) is 0.965. The predicted octanol–water partition coefficient (Wildman–Crippen LogP) is -0.0469. The molecule has 4 nitrogen and oxygen atoms in total. The number of nitrogens with zero attached hydrogens (tertiary/aromatic N) is 1. The summed E-state index contributed by atoms with van der Waals surface area (Å²) in [6, 6.07) is 1.75. The van der Waals surface area contributed by atoms with Crippen LogP contribution in [-0.2, 0) is 9.63 Å². The fourth-order valence-corrected chi connectivity index (χ4v) is 0.393. The third-order valence-corrected chi connectivity index (χ3v) is 0.965. The van der Waals surface area contributed by atoms with Crippen LogP contribution >= 0.6 is 0 Å². The first-order chi connectivity index (χ1) is 4.26. The zero-order valence-corrected chi connectivity index (χ0v) is 5.13. The van der Waals surface area contributed by atoms with Gasteiger partial charge in [-0.25, -0.2) is 4.79 Å². The highest BCUT2D eigenvalue weighted by atomic mass is 16.7.